The van der Waals surface area contributed by atoms with Crippen LogP contribution in [0.1, 0.15) is 25.3 Å². The van der Waals surface area contributed by atoms with Crippen LogP contribution in [0.25, 0.3) is 6.08 Å². The SMILES string of the molecule is CCCCOc1ccc(Br)cc1/C=C1/C(=O)NC(=S)N(c2ccccc2)C1=O. The summed E-state index contributed by atoms with van der Waals surface area (Å²) in [4.78, 5) is 26.9. The maximum atomic E-state index is 13.1. The molecule has 1 fully saturated rings. The molecule has 1 aliphatic heterocycles. The molecule has 144 valence electrons. The summed E-state index contributed by atoms with van der Waals surface area (Å²) < 4.78 is 6.65. The number of hydrogen-bond donors (Lipinski definition) is 1. The molecule has 1 heterocycles. The molecular weight excluding hydrogens is 440 g/mol. The zero-order chi connectivity index (χ0) is 20.1. The van der Waals surface area contributed by atoms with E-state index in [1.165, 1.54) is 4.90 Å². The highest BCUT2D eigenvalue weighted by Crippen LogP contribution is 2.28. The average Bonchev–Trinajstić information content (AvgIpc) is 2.67. The Labute approximate surface area is 177 Å². The maximum Gasteiger partial charge on any atom is 0.270 e. The molecule has 1 aliphatic rings. The van der Waals surface area contributed by atoms with E-state index in [1.54, 1.807) is 30.3 Å². The zero-order valence-corrected chi connectivity index (χ0v) is 17.7. The van der Waals surface area contributed by atoms with E-state index in [-0.39, 0.29) is 10.7 Å². The summed E-state index contributed by atoms with van der Waals surface area (Å²) >= 11 is 8.64. The summed E-state index contributed by atoms with van der Waals surface area (Å²) in [5.74, 6) is -0.384. The number of hydrogen-bond acceptors (Lipinski definition) is 4. The van der Waals surface area contributed by atoms with Crippen molar-refractivity contribution in [2.45, 2.75) is 19.8 Å². The molecule has 0 saturated carbocycles. The van der Waals surface area contributed by atoms with E-state index in [2.05, 4.69) is 28.2 Å². The van der Waals surface area contributed by atoms with Crippen molar-refractivity contribution in [2.24, 2.45) is 0 Å². The number of anilines is 1. The zero-order valence-electron chi connectivity index (χ0n) is 15.3. The molecule has 0 atom stereocenters. The fourth-order valence-corrected chi connectivity index (χ4v) is 3.37. The molecule has 0 radical (unpaired) electrons. The number of rotatable bonds is 6. The van der Waals surface area contributed by atoms with Gasteiger partial charge >= 0.3 is 0 Å². The van der Waals surface area contributed by atoms with Crippen molar-refractivity contribution < 1.29 is 14.3 Å². The fourth-order valence-electron chi connectivity index (χ4n) is 2.71. The third kappa shape index (κ3) is 4.48. The lowest BCUT2D eigenvalue weighted by Gasteiger charge is -2.29. The Balaban J connectivity index is 1.98. The van der Waals surface area contributed by atoms with Crippen LogP contribution >= 0.6 is 28.1 Å². The van der Waals surface area contributed by atoms with Gasteiger partial charge in [-0.1, -0.05) is 47.5 Å². The van der Waals surface area contributed by atoms with E-state index >= 15 is 0 Å². The number of carbonyl (C=O) groups is 2. The van der Waals surface area contributed by atoms with Crippen LogP contribution in [0.15, 0.2) is 58.6 Å². The first-order chi connectivity index (χ1) is 13.5. The fraction of sp³-hybridized carbons (Fsp3) is 0.190. The normalized spacial score (nSPS) is 15.7. The standard InChI is InChI=1S/C21H19BrN2O3S/c1-2-3-11-27-18-10-9-15(22)12-14(18)13-17-19(25)23-21(28)24(20(17)26)16-7-5-4-6-8-16/h4-10,12-13H,2-3,11H2,1H3,(H,23,25,28)/b17-13-. The summed E-state index contributed by atoms with van der Waals surface area (Å²) in [6, 6.07) is 14.5. The third-order valence-corrected chi connectivity index (χ3v) is 4.92. The van der Waals surface area contributed by atoms with Gasteiger partial charge in [-0.25, -0.2) is 0 Å². The Morgan fingerprint density at radius 3 is 2.64 bits per heavy atom. The van der Waals surface area contributed by atoms with Gasteiger partial charge in [0.15, 0.2) is 5.11 Å². The van der Waals surface area contributed by atoms with Crippen molar-refractivity contribution in [3.05, 3.63) is 64.1 Å². The van der Waals surface area contributed by atoms with Crippen LogP contribution in [-0.4, -0.2) is 23.5 Å². The monoisotopic (exact) mass is 458 g/mol. The number of para-hydroxylation sites is 1. The number of amides is 2. The van der Waals surface area contributed by atoms with Gasteiger partial charge in [-0.3, -0.25) is 19.8 Å². The van der Waals surface area contributed by atoms with Gasteiger partial charge in [0.25, 0.3) is 11.8 Å². The molecule has 2 aromatic carbocycles. The van der Waals surface area contributed by atoms with Crippen LogP contribution in [0.2, 0.25) is 0 Å². The van der Waals surface area contributed by atoms with Gasteiger partial charge < -0.3 is 4.74 Å². The summed E-state index contributed by atoms with van der Waals surface area (Å²) in [6.07, 6.45) is 3.47. The molecule has 5 nitrogen and oxygen atoms in total. The second-order valence-electron chi connectivity index (χ2n) is 6.18. The van der Waals surface area contributed by atoms with Gasteiger partial charge in [0, 0.05) is 10.0 Å². The summed E-state index contributed by atoms with van der Waals surface area (Å²) in [7, 11) is 0. The number of nitrogens with zero attached hydrogens (tertiary/aromatic N) is 1. The van der Waals surface area contributed by atoms with Crippen molar-refractivity contribution >= 4 is 56.8 Å². The van der Waals surface area contributed by atoms with Crippen LogP contribution in [0.5, 0.6) is 5.75 Å². The number of thiocarbonyl (C=S) groups is 1. The summed E-state index contributed by atoms with van der Waals surface area (Å²) in [5.41, 5.74) is 1.23. The Hall–Kier alpha value is -2.51. The van der Waals surface area contributed by atoms with E-state index in [4.69, 9.17) is 17.0 Å². The third-order valence-electron chi connectivity index (χ3n) is 4.14. The lowest BCUT2D eigenvalue weighted by atomic mass is 10.1. The molecular formula is C21H19BrN2O3S. The smallest absolute Gasteiger partial charge is 0.270 e. The minimum atomic E-state index is -0.526. The molecule has 7 heteroatoms. The highest BCUT2D eigenvalue weighted by atomic mass is 79.9. The van der Waals surface area contributed by atoms with Crippen molar-refractivity contribution in [1.29, 1.82) is 0 Å². The number of unbranched alkanes of at least 4 members (excludes halogenated alkanes) is 1. The quantitative estimate of drug-likeness (QED) is 0.300. The van der Waals surface area contributed by atoms with Crippen molar-refractivity contribution in [1.82, 2.24) is 5.32 Å². The Morgan fingerprint density at radius 2 is 1.93 bits per heavy atom. The van der Waals surface area contributed by atoms with Gasteiger partial charge in [-0.05, 0) is 55.0 Å². The Bertz CT molecular complexity index is 944. The maximum absolute atomic E-state index is 13.1. The van der Waals surface area contributed by atoms with Crippen LogP contribution in [0.4, 0.5) is 5.69 Å². The molecule has 0 aliphatic carbocycles. The van der Waals surface area contributed by atoms with Crippen molar-refractivity contribution in [3.8, 4) is 5.75 Å². The van der Waals surface area contributed by atoms with Gasteiger partial charge in [-0.15, -0.1) is 0 Å². The van der Waals surface area contributed by atoms with Crippen LogP contribution in [-0.2, 0) is 9.59 Å². The van der Waals surface area contributed by atoms with Gasteiger partial charge in [0.05, 0.1) is 12.3 Å². The molecule has 2 amide bonds. The first-order valence-electron chi connectivity index (χ1n) is 8.90. The number of nitrogens with one attached hydrogen (secondary N) is 1. The molecule has 1 saturated heterocycles. The van der Waals surface area contributed by atoms with Gasteiger partial charge in [0.1, 0.15) is 11.3 Å². The molecule has 3 rings (SSSR count). The minimum Gasteiger partial charge on any atom is -0.493 e. The predicted molar refractivity (Wildman–Crippen MR) is 117 cm³/mol. The first-order valence-corrected chi connectivity index (χ1v) is 10.1. The highest BCUT2D eigenvalue weighted by molar-refractivity contribution is 9.10. The summed E-state index contributed by atoms with van der Waals surface area (Å²) in [6.45, 7) is 2.65. The average molecular weight is 459 g/mol. The number of halogens is 1. The van der Waals surface area contributed by atoms with Gasteiger partial charge in [-0.2, -0.15) is 0 Å². The second kappa shape index (κ2) is 9.12. The van der Waals surface area contributed by atoms with E-state index in [1.807, 2.05) is 24.3 Å². The van der Waals surface area contributed by atoms with E-state index in [0.717, 1.165) is 17.3 Å². The van der Waals surface area contributed by atoms with E-state index in [9.17, 15) is 9.59 Å². The molecule has 0 bridgehead atoms. The molecule has 2 aromatic rings. The molecule has 0 unspecified atom stereocenters. The number of ether oxygens (including phenoxy) is 1. The van der Waals surface area contributed by atoms with Gasteiger partial charge in [0.2, 0.25) is 0 Å². The lowest BCUT2D eigenvalue weighted by molar-refractivity contribution is -0.122. The van der Waals surface area contributed by atoms with Crippen molar-refractivity contribution in [2.75, 3.05) is 11.5 Å². The minimum absolute atomic E-state index is 0.00380. The van der Waals surface area contributed by atoms with E-state index in [0.29, 0.717) is 23.6 Å². The van der Waals surface area contributed by atoms with Crippen LogP contribution < -0.4 is 15.0 Å². The second-order valence-corrected chi connectivity index (χ2v) is 7.48. The highest BCUT2D eigenvalue weighted by Gasteiger charge is 2.34. The largest absolute Gasteiger partial charge is 0.493 e. The Kier molecular flexibility index (Phi) is 6.59. The molecule has 1 N–H and O–H groups in total. The van der Waals surface area contributed by atoms with E-state index < -0.39 is 11.8 Å². The molecule has 28 heavy (non-hydrogen) atoms. The van der Waals surface area contributed by atoms with Crippen LogP contribution in [0.3, 0.4) is 0 Å². The predicted octanol–water partition coefficient (Wildman–Crippen LogP) is 4.46. The number of benzene rings is 2. The number of carbonyl (C=O) groups excluding carboxylic acids is 2. The Morgan fingerprint density at radius 1 is 1.18 bits per heavy atom. The lowest BCUT2D eigenvalue weighted by Crippen LogP contribution is -2.54. The molecule has 0 aromatic heterocycles. The van der Waals surface area contributed by atoms with Crippen LogP contribution in [0, 0.1) is 0 Å². The summed E-state index contributed by atoms with van der Waals surface area (Å²) in [5, 5.41) is 2.65. The first kappa shape index (κ1) is 20.2. The van der Waals surface area contributed by atoms with Crippen molar-refractivity contribution in [3.63, 3.8) is 0 Å². The molecule has 0 spiro atoms. The topological polar surface area (TPSA) is 58.6 Å².